The van der Waals surface area contributed by atoms with Crippen LogP contribution in [0.25, 0.3) is 11.1 Å². The largest absolute Gasteiger partial charge is 0.480 e. The number of carboxylic acid groups (broad SMARTS) is 1. The molecule has 0 amide bonds. The summed E-state index contributed by atoms with van der Waals surface area (Å²) in [4.78, 5) is 20.9. The van der Waals surface area contributed by atoms with Crippen LogP contribution >= 0.6 is 11.6 Å². The summed E-state index contributed by atoms with van der Waals surface area (Å²) in [6.45, 7) is 1.18. The van der Waals surface area contributed by atoms with Gasteiger partial charge in [0.15, 0.2) is 0 Å². The smallest absolute Gasteiger partial charge is 0.429 e. The Hall–Kier alpha value is -3.99. The van der Waals surface area contributed by atoms with Gasteiger partial charge >= 0.3 is 24.5 Å². The quantitative estimate of drug-likeness (QED) is 0.233. The number of piperidine rings is 1. The lowest BCUT2D eigenvalue weighted by Crippen LogP contribution is -2.41. The number of halogens is 10. The normalized spacial score (nSPS) is 19.2. The molecule has 3 aromatic rings. The summed E-state index contributed by atoms with van der Waals surface area (Å²) in [5, 5.41) is 12.0. The van der Waals surface area contributed by atoms with Crippen molar-refractivity contribution >= 4 is 29.3 Å². The Morgan fingerprint density at radius 2 is 1.60 bits per heavy atom. The molecular formula is C29H25ClF9N5O3. The number of nitrogen functional groups attached to an aromatic ring is 1. The van der Waals surface area contributed by atoms with E-state index < -0.39 is 76.3 Å². The maximum Gasteiger partial charge on any atom is 0.429 e. The Kier molecular flexibility index (Phi) is 8.94. The van der Waals surface area contributed by atoms with Gasteiger partial charge in [-0.05, 0) is 66.1 Å². The lowest BCUT2D eigenvalue weighted by molar-refractivity contribution is -0.198. The average Bonchev–Trinajstić information content (AvgIpc) is 3.38. The van der Waals surface area contributed by atoms with Crippen molar-refractivity contribution < 1.29 is 54.2 Å². The first-order chi connectivity index (χ1) is 21.7. The molecule has 2 aliphatic heterocycles. The number of carbonyl (C=O) groups is 1. The van der Waals surface area contributed by atoms with Crippen molar-refractivity contribution in [3.8, 4) is 17.0 Å². The minimum absolute atomic E-state index is 0.105. The van der Waals surface area contributed by atoms with Crippen LogP contribution < -0.4 is 20.7 Å². The minimum Gasteiger partial charge on any atom is -0.480 e. The van der Waals surface area contributed by atoms with Crippen LogP contribution in [-0.4, -0.2) is 52.9 Å². The Morgan fingerprint density at radius 3 is 2.13 bits per heavy atom. The summed E-state index contributed by atoms with van der Waals surface area (Å²) in [7, 11) is 0. The molecule has 2 aliphatic rings. The third-order valence-corrected chi connectivity index (χ3v) is 8.48. The first-order valence-corrected chi connectivity index (χ1v) is 14.3. The van der Waals surface area contributed by atoms with Gasteiger partial charge in [-0.15, -0.1) is 0 Å². The predicted octanol–water partition coefficient (Wildman–Crippen LogP) is 7.13. The molecule has 18 heteroatoms. The van der Waals surface area contributed by atoms with Gasteiger partial charge in [0, 0.05) is 36.3 Å². The first kappa shape index (κ1) is 34.3. The highest BCUT2D eigenvalue weighted by Gasteiger charge is 2.46. The second kappa shape index (κ2) is 12.2. The summed E-state index contributed by atoms with van der Waals surface area (Å²) >= 11 is 5.96. The molecule has 2 aromatic carbocycles. The second-order valence-corrected chi connectivity index (χ2v) is 11.9. The number of aliphatic carboxylic acids is 1. The van der Waals surface area contributed by atoms with Gasteiger partial charge in [-0.3, -0.25) is 4.79 Å². The maximum atomic E-state index is 14.6. The fraction of sp³-hybridized carbons (Fsp3) is 0.414. The van der Waals surface area contributed by atoms with Gasteiger partial charge in [-0.1, -0.05) is 17.7 Å². The Labute approximate surface area is 265 Å². The van der Waals surface area contributed by atoms with Gasteiger partial charge < -0.3 is 25.8 Å². The van der Waals surface area contributed by atoms with Gasteiger partial charge in [-0.25, -0.2) is 0 Å². The zero-order chi connectivity index (χ0) is 34.5. The van der Waals surface area contributed by atoms with Crippen LogP contribution in [-0.2, 0) is 17.1 Å². The van der Waals surface area contributed by atoms with Gasteiger partial charge in [-0.2, -0.15) is 49.5 Å². The third-order valence-electron chi connectivity index (χ3n) is 8.25. The summed E-state index contributed by atoms with van der Waals surface area (Å²) in [5.41, 5.74) is -0.329. The molecule has 3 heterocycles. The zero-order valence-electron chi connectivity index (χ0n) is 23.9. The van der Waals surface area contributed by atoms with E-state index in [-0.39, 0.29) is 22.3 Å². The zero-order valence-corrected chi connectivity index (χ0v) is 24.7. The number of hydrogen-bond donors (Lipinski definition) is 3. The summed E-state index contributed by atoms with van der Waals surface area (Å²) in [6, 6.07) is 3.42. The molecule has 2 atom stereocenters. The maximum absolute atomic E-state index is 14.6. The molecule has 1 unspecified atom stereocenters. The number of alkyl halides is 9. The van der Waals surface area contributed by atoms with Crippen molar-refractivity contribution in [2.75, 3.05) is 30.3 Å². The second-order valence-electron chi connectivity index (χ2n) is 11.5. The number of ether oxygens (including phenoxy) is 1. The van der Waals surface area contributed by atoms with Crippen molar-refractivity contribution in [1.82, 2.24) is 15.3 Å². The highest BCUT2D eigenvalue weighted by molar-refractivity contribution is 6.30. The average molecular weight is 698 g/mol. The number of rotatable bonds is 6. The molecule has 1 aromatic heterocycles. The van der Waals surface area contributed by atoms with Crippen LogP contribution in [0, 0.1) is 5.41 Å². The molecule has 2 fully saturated rings. The van der Waals surface area contributed by atoms with Gasteiger partial charge in [0.2, 0.25) is 17.9 Å². The monoisotopic (exact) mass is 697 g/mol. The van der Waals surface area contributed by atoms with E-state index in [0.29, 0.717) is 51.0 Å². The number of anilines is 2. The number of benzene rings is 2. The Balaban J connectivity index is 1.49. The van der Waals surface area contributed by atoms with Gasteiger partial charge in [0.25, 0.3) is 0 Å². The van der Waals surface area contributed by atoms with Crippen molar-refractivity contribution in [1.29, 1.82) is 0 Å². The van der Waals surface area contributed by atoms with Crippen LogP contribution in [0.2, 0.25) is 5.02 Å². The van der Waals surface area contributed by atoms with E-state index >= 15 is 0 Å². The van der Waals surface area contributed by atoms with E-state index in [1.165, 1.54) is 0 Å². The molecule has 0 saturated carbocycles. The van der Waals surface area contributed by atoms with Crippen LogP contribution in [0.3, 0.4) is 0 Å². The van der Waals surface area contributed by atoms with E-state index in [2.05, 4.69) is 15.3 Å². The third kappa shape index (κ3) is 7.61. The number of nitrogens with one attached hydrogen (secondary N) is 1. The SMILES string of the molecule is Nc1nc(O[C@H](c2ccc(Cl)cc2-c2cc(C(F)(F)F)cc(C(F)(F)F)c2)C(F)(F)F)cc(N2CCC3(CC2)CNC(C(=O)O)C3)n1. The summed E-state index contributed by atoms with van der Waals surface area (Å²) < 4.78 is 130. The Morgan fingerprint density at radius 1 is 0.979 bits per heavy atom. The van der Waals surface area contributed by atoms with Crippen molar-refractivity contribution in [3.63, 3.8) is 0 Å². The molecule has 0 bridgehead atoms. The molecule has 5 rings (SSSR count). The molecule has 254 valence electrons. The van der Waals surface area contributed by atoms with Crippen LogP contribution in [0.5, 0.6) is 5.88 Å². The van der Waals surface area contributed by atoms with E-state index in [0.717, 1.165) is 24.3 Å². The first-order valence-electron chi connectivity index (χ1n) is 13.9. The molecule has 4 N–H and O–H groups in total. The lowest BCUT2D eigenvalue weighted by atomic mass is 9.76. The van der Waals surface area contributed by atoms with Crippen LogP contribution in [0.15, 0.2) is 42.5 Å². The number of aromatic nitrogens is 2. The van der Waals surface area contributed by atoms with E-state index in [9.17, 15) is 49.4 Å². The number of carboxylic acids is 1. The van der Waals surface area contributed by atoms with Crippen molar-refractivity contribution in [2.45, 2.75) is 49.9 Å². The number of nitrogens with two attached hydrogens (primary N) is 1. The molecule has 1 spiro atoms. The fourth-order valence-electron chi connectivity index (χ4n) is 5.88. The van der Waals surface area contributed by atoms with Crippen molar-refractivity contribution in [2.24, 2.45) is 5.41 Å². The fourth-order valence-corrected chi connectivity index (χ4v) is 6.05. The van der Waals surface area contributed by atoms with Crippen molar-refractivity contribution in [3.05, 3.63) is 64.2 Å². The van der Waals surface area contributed by atoms with Gasteiger partial charge in [0.1, 0.15) is 11.9 Å². The highest BCUT2D eigenvalue weighted by Crippen LogP contribution is 2.45. The summed E-state index contributed by atoms with van der Waals surface area (Å²) in [6.07, 6.45) is -17.2. The molecule has 0 aliphatic carbocycles. The molecule has 47 heavy (non-hydrogen) atoms. The topological polar surface area (TPSA) is 114 Å². The molecular weight excluding hydrogens is 673 g/mol. The summed E-state index contributed by atoms with van der Waals surface area (Å²) in [5.74, 6) is -1.99. The minimum atomic E-state index is -5.26. The van der Waals surface area contributed by atoms with E-state index in [1.807, 2.05) is 0 Å². The van der Waals surface area contributed by atoms with Gasteiger partial charge in [0.05, 0.1) is 11.1 Å². The predicted molar refractivity (Wildman–Crippen MR) is 151 cm³/mol. The molecule has 2 saturated heterocycles. The molecule has 0 radical (unpaired) electrons. The Bertz CT molecular complexity index is 1630. The standard InChI is InChI=1S/C29H25ClF9N5O3/c30-17-1-2-18(19(10-17)14-7-15(27(31,32)33)9-16(8-14)28(34,35)36)23(29(37,38)39)47-22-11-21(42-25(40)43-22)44-5-3-26(4-6-44)12-20(24(45)46)41-13-26/h1-2,7-11,20,23,41H,3-6,12-13H2,(H,45,46)(H2,40,42,43)/t20?,23-/m1/s1. The van der Waals surface area contributed by atoms with Crippen LogP contribution in [0.4, 0.5) is 51.3 Å². The molecule has 8 nitrogen and oxygen atoms in total. The number of hydrogen-bond acceptors (Lipinski definition) is 7. The van der Waals surface area contributed by atoms with Crippen LogP contribution in [0.1, 0.15) is 42.1 Å². The number of nitrogens with zero attached hydrogens (tertiary/aromatic N) is 3. The lowest BCUT2D eigenvalue weighted by Gasteiger charge is -2.39. The van der Waals surface area contributed by atoms with E-state index in [1.54, 1.807) is 4.90 Å². The highest BCUT2D eigenvalue weighted by atomic mass is 35.5. The van der Waals surface area contributed by atoms with E-state index in [4.69, 9.17) is 22.1 Å².